The van der Waals surface area contributed by atoms with Crippen molar-refractivity contribution in [3.63, 3.8) is 0 Å². The lowest BCUT2D eigenvalue weighted by molar-refractivity contribution is -0.123. The van der Waals surface area contributed by atoms with Gasteiger partial charge in [-0.05, 0) is 0 Å². The van der Waals surface area contributed by atoms with Gasteiger partial charge < -0.3 is 10.6 Å². The number of hydrogen-bond acceptors (Lipinski definition) is 2. The molecule has 0 aromatic carbocycles. The SMILES string of the molecule is CC1CNCCNC1=O.Cl. The third kappa shape index (κ3) is 2.54. The predicted molar refractivity (Wildman–Crippen MR) is 42.3 cm³/mol. The van der Waals surface area contributed by atoms with E-state index < -0.39 is 0 Å². The average Bonchev–Trinajstić information content (AvgIpc) is 1.99. The molecule has 0 bridgehead atoms. The highest BCUT2D eigenvalue weighted by Crippen LogP contribution is 1.93. The van der Waals surface area contributed by atoms with Gasteiger partial charge in [-0.1, -0.05) is 6.92 Å². The van der Waals surface area contributed by atoms with Gasteiger partial charge >= 0.3 is 0 Å². The zero-order valence-electron chi connectivity index (χ0n) is 6.02. The van der Waals surface area contributed by atoms with E-state index in [-0.39, 0.29) is 24.2 Å². The molecule has 0 saturated carbocycles. The first-order chi connectivity index (χ1) is 4.30. The van der Waals surface area contributed by atoms with Crippen LogP contribution in [0.3, 0.4) is 0 Å². The van der Waals surface area contributed by atoms with Crippen LogP contribution >= 0.6 is 12.4 Å². The zero-order chi connectivity index (χ0) is 6.69. The molecule has 1 aliphatic heterocycles. The molecule has 1 atom stereocenters. The molecule has 1 heterocycles. The molecule has 3 nitrogen and oxygen atoms in total. The molecule has 1 aliphatic rings. The fourth-order valence-corrected chi connectivity index (χ4v) is 0.860. The Bertz CT molecular complexity index is 118. The molecule has 1 saturated heterocycles. The van der Waals surface area contributed by atoms with Crippen LogP contribution in [-0.4, -0.2) is 25.5 Å². The molecule has 0 radical (unpaired) electrons. The number of rotatable bonds is 0. The minimum Gasteiger partial charge on any atom is -0.355 e. The van der Waals surface area contributed by atoms with Gasteiger partial charge in [-0.2, -0.15) is 0 Å². The Hall–Kier alpha value is -0.280. The van der Waals surface area contributed by atoms with Gasteiger partial charge in [-0.25, -0.2) is 0 Å². The molecule has 10 heavy (non-hydrogen) atoms. The maximum Gasteiger partial charge on any atom is 0.224 e. The number of carbonyl (C=O) groups excluding carboxylic acids is 1. The highest BCUT2D eigenvalue weighted by Gasteiger charge is 2.13. The van der Waals surface area contributed by atoms with Crippen LogP contribution in [0.4, 0.5) is 0 Å². The van der Waals surface area contributed by atoms with E-state index in [4.69, 9.17) is 0 Å². The second-order valence-corrected chi connectivity index (χ2v) is 2.40. The second kappa shape index (κ2) is 4.52. The first kappa shape index (κ1) is 9.72. The van der Waals surface area contributed by atoms with E-state index >= 15 is 0 Å². The van der Waals surface area contributed by atoms with Gasteiger partial charge in [0.2, 0.25) is 5.91 Å². The number of hydrogen-bond donors (Lipinski definition) is 2. The van der Waals surface area contributed by atoms with Crippen molar-refractivity contribution in [3.8, 4) is 0 Å². The van der Waals surface area contributed by atoms with Crippen molar-refractivity contribution in [2.45, 2.75) is 6.92 Å². The Labute approximate surface area is 67.0 Å². The zero-order valence-corrected chi connectivity index (χ0v) is 6.83. The molecular formula is C6H13ClN2O. The van der Waals surface area contributed by atoms with Crippen LogP contribution in [0.2, 0.25) is 0 Å². The van der Waals surface area contributed by atoms with Gasteiger partial charge in [0, 0.05) is 25.6 Å². The summed E-state index contributed by atoms with van der Waals surface area (Å²) in [7, 11) is 0. The van der Waals surface area contributed by atoms with Crippen LogP contribution in [0.25, 0.3) is 0 Å². The molecule has 1 unspecified atom stereocenters. The molecule has 0 aromatic rings. The maximum atomic E-state index is 10.9. The lowest BCUT2D eigenvalue weighted by Gasteiger charge is -2.03. The average molecular weight is 165 g/mol. The number of amides is 1. The summed E-state index contributed by atoms with van der Waals surface area (Å²) in [6.07, 6.45) is 0. The Kier molecular flexibility index (Phi) is 4.40. The third-order valence-corrected chi connectivity index (χ3v) is 1.50. The first-order valence-electron chi connectivity index (χ1n) is 3.29. The topological polar surface area (TPSA) is 41.1 Å². The van der Waals surface area contributed by atoms with Gasteiger partial charge in [0.15, 0.2) is 0 Å². The smallest absolute Gasteiger partial charge is 0.224 e. The molecule has 1 amide bonds. The second-order valence-electron chi connectivity index (χ2n) is 2.40. The van der Waals surface area contributed by atoms with E-state index in [1.165, 1.54) is 0 Å². The summed E-state index contributed by atoms with van der Waals surface area (Å²) in [5.41, 5.74) is 0. The fraction of sp³-hybridized carbons (Fsp3) is 0.833. The number of nitrogens with one attached hydrogen (secondary N) is 2. The normalized spacial score (nSPS) is 26.1. The molecular weight excluding hydrogens is 152 g/mol. The molecule has 60 valence electrons. The summed E-state index contributed by atoms with van der Waals surface area (Å²) in [5, 5.41) is 5.94. The van der Waals surface area contributed by atoms with Crippen LogP contribution in [0.15, 0.2) is 0 Å². The van der Waals surface area contributed by atoms with E-state index in [2.05, 4.69) is 10.6 Å². The van der Waals surface area contributed by atoms with E-state index in [0.717, 1.165) is 19.6 Å². The minimum atomic E-state index is 0. The number of carbonyl (C=O) groups is 1. The quantitative estimate of drug-likeness (QED) is 0.519. The van der Waals surface area contributed by atoms with Crippen LogP contribution in [-0.2, 0) is 4.79 Å². The van der Waals surface area contributed by atoms with E-state index in [0.29, 0.717) is 0 Å². The standard InChI is InChI=1S/C6H12N2O.ClH/c1-5-4-7-2-3-8-6(5)9;/h5,7H,2-4H2,1H3,(H,8,9);1H. The lowest BCUT2D eigenvalue weighted by atomic mass is 10.2. The van der Waals surface area contributed by atoms with Crippen molar-refractivity contribution in [1.29, 1.82) is 0 Å². The van der Waals surface area contributed by atoms with Crippen LogP contribution in [0.1, 0.15) is 6.92 Å². The lowest BCUT2D eigenvalue weighted by Crippen LogP contribution is -2.28. The van der Waals surface area contributed by atoms with Gasteiger partial charge in [0.05, 0.1) is 0 Å². The van der Waals surface area contributed by atoms with Crippen molar-refractivity contribution in [2.75, 3.05) is 19.6 Å². The van der Waals surface area contributed by atoms with Crippen molar-refractivity contribution in [3.05, 3.63) is 0 Å². The van der Waals surface area contributed by atoms with Crippen LogP contribution in [0.5, 0.6) is 0 Å². The van der Waals surface area contributed by atoms with Crippen molar-refractivity contribution >= 4 is 18.3 Å². The van der Waals surface area contributed by atoms with Gasteiger partial charge in [0.25, 0.3) is 0 Å². The third-order valence-electron chi connectivity index (χ3n) is 1.50. The highest BCUT2D eigenvalue weighted by molar-refractivity contribution is 5.85. The molecule has 1 rings (SSSR count). The summed E-state index contributed by atoms with van der Waals surface area (Å²) in [5.74, 6) is 0.299. The van der Waals surface area contributed by atoms with Crippen molar-refractivity contribution < 1.29 is 4.79 Å². The highest BCUT2D eigenvalue weighted by atomic mass is 35.5. The van der Waals surface area contributed by atoms with Crippen LogP contribution < -0.4 is 10.6 Å². The molecule has 0 aromatic heterocycles. The molecule has 1 fully saturated rings. The summed E-state index contributed by atoms with van der Waals surface area (Å²) >= 11 is 0. The van der Waals surface area contributed by atoms with Crippen molar-refractivity contribution in [2.24, 2.45) is 5.92 Å². The summed E-state index contributed by atoms with van der Waals surface area (Å²) in [4.78, 5) is 10.9. The summed E-state index contributed by atoms with van der Waals surface area (Å²) < 4.78 is 0. The van der Waals surface area contributed by atoms with Gasteiger partial charge in [0.1, 0.15) is 0 Å². The largest absolute Gasteiger partial charge is 0.355 e. The van der Waals surface area contributed by atoms with Gasteiger partial charge in [-0.15, -0.1) is 12.4 Å². The van der Waals surface area contributed by atoms with E-state index in [9.17, 15) is 4.79 Å². The maximum absolute atomic E-state index is 10.9. The van der Waals surface area contributed by atoms with E-state index in [1.54, 1.807) is 0 Å². The Morgan fingerprint density at radius 2 is 2.20 bits per heavy atom. The van der Waals surface area contributed by atoms with Crippen molar-refractivity contribution in [1.82, 2.24) is 10.6 Å². The summed E-state index contributed by atoms with van der Waals surface area (Å²) in [6.45, 7) is 4.40. The monoisotopic (exact) mass is 164 g/mol. The number of halogens is 1. The molecule has 0 spiro atoms. The first-order valence-corrected chi connectivity index (χ1v) is 3.29. The van der Waals surface area contributed by atoms with E-state index in [1.807, 2.05) is 6.92 Å². The minimum absolute atomic E-state index is 0. The molecule has 2 N–H and O–H groups in total. The van der Waals surface area contributed by atoms with Crippen LogP contribution in [0, 0.1) is 5.92 Å². The fourth-order valence-electron chi connectivity index (χ4n) is 0.860. The Morgan fingerprint density at radius 3 is 2.90 bits per heavy atom. The molecule has 4 heteroatoms. The summed E-state index contributed by atoms with van der Waals surface area (Å²) in [6, 6.07) is 0. The Balaban J connectivity index is 0.000000810. The van der Waals surface area contributed by atoms with Gasteiger partial charge in [-0.3, -0.25) is 4.79 Å². The predicted octanol–water partition coefficient (Wildman–Crippen LogP) is -0.236. The Morgan fingerprint density at radius 1 is 1.50 bits per heavy atom. The molecule has 0 aliphatic carbocycles.